The first-order valence-electron chi connectivity index (χ1n) is 7.10. The number of hydrogen-bond donors (Lipinski definition) is 2. The van der Waals surface area contributed by atoms with Crippen LogP contribution in [0.3, 0.4) is 0 Å². The topological polar surface area (TPSA) is 41.1 Å². The zero-order chi connectivity index (χ0) is 13.1. The van der Waals surface area contributed by atoms with E-state index in [4.69, 9.17) is 0 Å². The zero-order valence-electron chi connectivity index (χ0n) is 12.0. The van der Waals surface area contributed by atoms with Gasteiger partial charge in [0, 0.05) is 25.6 Å². The second-order valence-electron chi connectivity index (χ2n) is 5.15. The Kier molecular flexibility index (Phi) is 10.2. The Hall–Kier alpha value is -0.570. The predicted molar refractivity (Wildman–Crippen MR) is 74.1 cm³/mol. The highest BCUT2D eigenvalue weighted by Crippen LogP contribution is 2.03. The number of nitrogens with one attached hydrogen (secondary N) is 2. The van der Waals surface area contributed by atoms with Crippen LogP contribution in [0.25, 0.3) is 0 Å². The molecule has 0 aromatic rings. The van der Waals surface area contributed by atoms with Crippen molar-refractivity contribution in [2.75, 3.05) is 13.1 Å². The van der Waals surface area contributed by atoms with E-state index >= 15 is 0 Å². The highest BCUT2D eigenvalue weighted by molar-refractivity contribution is 5.76. The summed E-state index contributed by atoms with van der Waals surface area (Å²) < 4.78 is 0. The van der Waals surface area contributed by atoms with E-state index in [9.17, 15) is 4.79 Å². The Labute approximate surface area is 107 Å². The lowest BCUT2D eigenvalue weighted by atomic mass is 10.1. The van der Waals surface area contributed by atoms with Gasteiger partial charge in [-0.25, -0.2) is 0 Å². The Bertz CT molecular complexity index is 193. The van der Waals surface area contributed by atoms with Crippen LogP contribution >= 0.6 is 0 Å². The van der Waals surface area contributed by atoms with E-state index in [0.29, 0.717) is 18.4 Å². The van der Waals surface area contributed by atoms with Crippen molar-refractivity contribution in [1.82, 2.24) is 10.6 Å². The van der Waals surface area contributed by atoms with Crippen molar-refractivity contribution in [3.05, 3.63) is 0 Å². The van der Waals surface area contributed by atoms with Crippen LogP contribution in [-0.4, -0.2) is 25.0 Å². The summed E-state index contributed by atoms with van der Waals surface area (Å²) in [6, 6.07) is 0.577. The first-order chi connectivity index (χ1) is 8.10. The van der Waals surface area contributed by atoms with Gasteiger partial charge < -0.3 is 10.6 Å². The van der Waals surface area contributed by atoms with Crippen LogP contribution in [0.2, 0.25) is 0 Å². The van der Waals surface area contributed by atoms with Gasteiger partial charge in [0.25, 0.3) is 0 Å². The summed E-state index contributed by atoms with van der Waals surface area (Å²) in [5.41, 5.74) is 0. The monoisotopic (exact) mass is 242 g/mol. The van der Waals surface area contributed by atoms with Crippen LogP contribution in [0.4, 0.5) is 0 Å². The third-order valence-electron chi connectivity index (χ3n) is 2.89. The van der Waals surface area contributed by atoms with E-state index < -0.39 is 0 Å². The molecule has 0 saturated heterocycles. The smallest absolute Gasteiger partial charge is 0.221 e. The fourth-order valence-corrected chi connectivity index (χ4v) is 1.70. The lowest BCUT2D eigenvalue weighted by Crippen LogP contribution is -2.34. The third-order valence-corrected chi connectivity index (χ3v) is 2.89. The van der Waals surface area contributed by atoms with Crippen LogP contribution in [0.5, 0.6) is 0 Å². The Balaban J connectivity index is 3.55. The molecule has 0 fully saturated rings. The molecule has 0 aliphatic carbocycles. The summed E-state index contributed by atoms with van der Waals surface area (Å²) in [6.45, 7) is 10.2. The van der Waals surface area contributed by atoms with Crippen molar-refractivity contribution in [1.29, 1.82) is 0 Å². The first-order valence-corrected chi connectivity index (χ1v) is 7.10. The van der Waals surface area contributed by atoms with Crippen molar-refractivity contribution in [2.24, 2.45) is 5.92 Å². The molecule has 0 bridgehead atoms. The average molecular weight is 242 g/mol. The number of carbonyl (C=O) groups excluding carboxylic acids is 1. The van der Waals surface area contributed by atoms with Crippen molar-refractivity contribution in [2.45, 2.75) is 65.8 Å². The van der Waals surface area contributed by atoms with E-state index in [1.165, 1.54) is 19.3 Å². The van der Waals surface area contributed by atoms with Gasteiger partial charge in [0.1, 0.15) is 0 Å². The highest BCUT2D eigenvalue weighted by atomic mass is 16.1. The molecular weight excluding hydrogens is 212 g/mol. The van der Waals surface area contributed by atoms with Crippen molar-refractivity contribution >= 4 is 5.91 Å². The second-order valence-corrected chi connectivity index (χ2v) is 5.15. The molecule has 0 spiro atoms. The molecule has 3 nitrogen and oxygen atoms in total. The van der Waals surface area contributed by atoms with E-state index in [1.807, 2.05) is 0 Å². The lowest BCUT2D eigenvalue weighted by molar-refractivity contribution is -0.121. The van der Waals surface area contributed by atoms with Gasteiger partial charge >= 0.3 is 0 Å². The van der Waals surface area contributed by atoms with E-state index in [2.05, 4.69) is 38.3 Å². The van der Waals surface area contributed by atoms with E-state index in [1.54, 1.807) is 0 Å². The maximum absolute atomic E-state index is 11.5. The maximum Gasteiger partial charge on any atom is 0.221 e. The molecule has 3 heteroatoms. The molecule has 17 heavy (non-hydrogen) atoms. The van der Waals surface area contributed by atoms with Gasteiger partial charge in [-0.05, 0) is 18.8 Å². The lowest BCUT2D eigenvalue weighted by Gasteiger charge is -2.16. The molecule has 2 N–H and O–H groups in total. The maximum atomic E-state index is 11.5. The minimum Gasteiger partial charge on any atom is -0.356 e. The minimum atomic E-state index is 0.163. The van der Waals surface area contributed by atoms with Crippen LogP contribution < -0.4 is 10.6 Å². The molecule has 1 amide bonds. The summed E-state index contributed by atoms with van der Waals surface area (Å²) in [4.78, 5) is 11.5. The van der Waals surface area contributed by atoms with Crippen molar-refractivity contribution < 1.29 is 4.79 Å². The van der Waals surface area contributed by atoms with Crippen molar-refractivity contribution in [3.63, 3.8) is 0 Å². The molecule has 0 aromatic heterocycles. The Morgan fingerprint density at radius 2 is 1.94 bits per heavy atom. The van der Waals surface area contributed by atoms with E-state index in [-0.39, 0.29) is 5.91 Å². The molecule has 0 rings (SSSR count). The second kappa shape index (κ2) is 10.6. The van der Waals surface area contributed by atoms with Gasteiger partial charge in [0.15, 0.2) is 0 Å². The first kappa shape index (κ1) is 16.4. The van der Waals surface area contributed by atoms with Gasteiger partial charge in [0.05, 0.1) is 0 Å². The molecule has 1 atom stereocenters. The van der Waals surface area contributed by atoms with Crippen LogP contribution in [0.1, 0.15) is 59.8 Å². The van der Waals surface area contributed by atoms with E-state index in [0.717, 1.165) is 19.5 Å². The molecule has 0 heterocycles. The standard InChI is InChI=1S/C14H30N2O/c1-5-7-8-13(6-2)15-10-9-14(17)16-11-12(3)4/h12-13,15H,5-11H2,1-4H3,(H,16,17). The number of carbonyl (C=O) groups is 1. The zero-order valence-corrected chi connectivity index (χ0v) is 12.0. The molecule has 0 aromatic carbocycles. The normalized spacial score (nSPS) is 12.8. The SMILES string of the molecule is CCCCC(CC)NCCC(=O)NCC(C)C. The van der Waals surface area contributed by atoms with Crippen LogP contribution in [0.15, 0.2) is 0 Å². The number of rotatable bonds is 10. The Morgan fingerprint density at radius 1 is 1.24 bits per heavy atom. The highest BCUT2D eigenvalue weighted by Gasteiger charge is 2.06. The largest absolute Gasteiger partial charge is 0.356 e. The number of amides is 1. The molecular formula is C14H30N2O. The molecule has 102 valence electrons. The summed E-state index contributed by atoms with van der Waals surface area (Å²) in [5.74, 6) is 0.691. The van der Waals surface area contributed by atoms with Gasteiger partial charge in [-0.1, -0.05) is 40.5 Å². The van der Waals surface area contributed by atoms with Crippen molar-refractivity contribution in [3.8, 4) is 0 Å². The van der Waals surface area contributed by atoms with Gasteiger partial charge in [-0.15, -0.1) is 0 Å². The summed E-state index contributed by atoms with van der Waals surface area (Å²) in [7, 11) is 0. The summed E-state index contributed by atoms with van der Waals surface area (Å²) in [5, 5.41) is 6.40. The third kappa shape index (κ3) is 10.3. The van der Waals surface area contributed by atoms with Gasteiger partial charge in [-0.2, -0.15) is 0 Å². The molecule has 0 aliphatic heterocycles. The van der Waals surface area contributed by atoms with Gasteiger partial charge in [-0.3, -0.25) is 4.79 Å². The molecule has 0 saturated carbocycles. The number of unbranched alkanes of at least 4 members (excludes halogenated alkanes) is 1. The van der Waals surface area contributed by atoms with Crippen LogP contribution in [-0.2, 0) is 4.79 Å². The molecule has 0 aliphatic rings. The fourth-order valence-electron chi connectivity index (χ4n) is 1.70. The Morgan fingerprint density at radius 3 is 2.47 bits per heavy atom. The molecule has 0 radical (unpaired) electrons. The number of hydrogen-bond acceptors (Lipinski definition) is 2. The fraction of sp³-hybridized carbons (Fsp3) is 0.929. The van der Waals surface area contributed by atoms with Gasteiger partial charge in [0.2, 0.25) is 5.91 Å². The summed E-state index contributed by atoms with van der Waals surface area (Å²) >= 11 is 0. The summed E-state index contributed by atoms with van der Waals surface area (Å²) in [6.07, 6.45) is 5.47. The quantitative estimate of drug-likeness (QED) is 0.618. The predicted octanol–water partition coefficient (Wildman–Crippen LogP) is 2.71. The molecule has 1 unspecified atom stereocenters. The average Bonchev–Trinajstić information content (AvgIpc) is 2.30. The van der Waals surface area contributed by atoms with Crippen LogP contribution in [0, 0.1) is 5.92 Å². The minimum absolute atomic E-state index is 0.163.